The van der Waals surface area contributed by atoms with E-state index < -0.39 is 28.4 Å². The van der Waals surface area contributed by atoms with Gasteiger partial charge in [-0.2, -0.15) is 5.10 Å². The quantitative estimate of drug-likeness (QED) is 0.236. The number of anilines is 1. The third-order valence-corrected chi connectivity index (χ3v) is 5.95. The molecule has 0 aliphatic rings. The lowest BCUT2D eigenvalue weighted by Gasteiger charge is -2.21. The first kappa shape index (κ1) is 26.5. The van der Waals surface area contributed by atoms with Gasteiger partial charge in [0.2, 0.25) is 10.0 Å². The minimum atomic E-state index is -3.72. The van der Waals surface area contributed by atoms with Crippen LogP contribution >= 0.6 is 0 Å². The summed E-state index contributed by atoms with van der Waals surface area (Å²) in [5.74, 6) is 0.468. The normalized spacial score (nSPS) is 11.3. The van der Waals surface area contributed by atoms with Crippen molar-refractivity contribution >= 4 is 33.8 Å². The Bertz CT molecular complexity index is 1310. The average molecular weight is 514 g/mol. The van der Waals surface area contributed by atoms with Crippen LogP contribution in [0.15, 0.2) is 70.2 Å². The van der Waals surface area contributed by atoms with Crippen molar-refractivity contribution in [1.82, 2.24) is 5.43 Å². The molecule has 0 radical (unpaired) electrons. The van der Waals surface area contributed by atoms with E-state index in [-0.39, 0.29) is 0 Å². The summed E-state index contributed by atoms with van der Waals surface area (Å²) in [6, 6.07) is 16.5. The highest BCUT2D eigenvalue weighted by Gasteiger charge is 2.20. The number of nitrogens with one attached hydrogen (secondary N) is 1. The number of furan rings is 1. The first-order valence-electron chi connectivity index (χ1n) is 11.1. The van der Waals surface area contributed by atoms with Gasteiger partial charge in [0, 0.05) is 5.56 Å². The highest BCUT2D eigenvalue weighted by Crippen LogP contribution is 2.23. The number of benzene rings is 2. The van der Waals surface area contributed by atoms with Crippen LogP contribution in [-0.2, 0) is 19.6 Å². The first-order chi connectivity index (χ1) is 17.2. The molecule has 190 valence electrons. The Balaban J connectivity index is 1.61. The lowest BCUT2D eigenvalue weighted by Crippen LogP contribution is -2.39. The van der Waals surface area contributed by atoms with Crippen molar-refractivity contribution in [2.45, 2.75) is 13.8 Å². The second kappa shape index (κ2) is 12.0. The number of esters is 1. The van der Waals surface area contributed by atoms with E-state index in [1.807, 2.05) is 6.92 Å². The topological polar surface area (TPSA) is 128 Å². The van der Waals surface area contributed by atoms with Gasteiger partial charge in [0.1, 0.15) is 23.8 Å². The molecule has 0 unspecified atom stereocenters. The van der Waals surface area contributed by atoms with E-state index in [1.54, 1.807) is 67.6 Å². The maximum absolute atomic E-state index is 12.4. The number of ether oxygens (including phenoxy) is 2. The Kier molecular flexibility index (Phi) is 8.85. The predicted octanol–water partition coefficient (Wildman–Crippen LogP) is 3.44. The summed E-state index contributed by atoms with van der Waals surface area (Å²) < 4.78 is 41.5. The number of hydrazone groups is 1. The fourth-order valence-electron chi connectivity index (χ4n) is 3.17. The van der Waals surface area contributed by atoms with E-state index in [4.69, 9.17) is 13.9 Å². The molecule has 0 aliphatic carbocycles. The van der Waals surface area contributed by atoms with Gasteiger partial charge in [-0.3, -0.25) is 9.10 Å². The van der Waals surface area contributed by atoms with Crippen LogP contribution in [0.4, 0.5) is 5.69 Å². The van der Waals surface area contributed by atoms with Gasteiger partial charge < -0.3 is 13.9 Å². The molecule has 2 aromatic carbocycles. The van der Waals surface area contributed by atoms with Crippen LogP contribution in [-0.4, -0.2) is 52.5 Å². The molecule has 0 spiro atoms. The first-order valence-corrected chi connectivity index (χ1v) is 13.0. The number of nitrogens with zero attached hydrogens (tertiary/aromatic N) is 2. The molecule has 10 nitrogen and oxygen atoms in total. The molecule has 1 aromatic heterocycles. The Labute approximate surface area is 209 Å². The van der Waals surface area contributed by atoms with Crippen molar-refractivity contribution in [2.24, 2.45) is 5.10 Å². The number of amides is 1. The van der Waals surface area contributed by atoms with Crippen LogP contribution in [0.1, 0.15) is 30.0 Å². The van der Waals surface area contributed by atoms with E-state index >= 15 is 0 Å². The molecule has 1 N–H and O–H groups in total. The van der Waals surface area contributed by atoms with E-state index in [9.17, 15) is 18.0 Å². The average Bonchev–Trinajstić information content (AvgIpc) is 3.32. The standard InChI is InChI=1S/C25H27N3O7S/c1-4-33-21-12-10-20(11-13-21)28(36(3,31)32)17-24(29)27-26-16-22-14-15-23(35-22)18-6-8-19(9-7-18)25(30)34-5-2/h6-16H,4-5,17H2,1-3H3,(H,27,29)/b26-16-. The Morgan fingerprint density at radius 2 is 1.69 bits per heavy atom. The van der Waals surface area contributed by atoms with Gasteiger partial charge in [0.05, 0.1) is 36.9 Å². The molecule has 0 aliphatic heterocycles. The number of hydrogen-bond donors (Lipinski definition) is 1. The van der Waals surface area contributed by atoms with Gasteiger partial charge in [-0.1, -0.05) is 12.1 Å². The summed E-state index contributed by atoms with van der Waals surface area (Å²) in [6.07, 6.45) is 2.32. The maximum Gasteiger partial charge on any atom is 0.338 e. The van der Waals surface area contributed by atoms with E-state index in [0.29, 0.717) is 41.7 Å². The lowest BCUT2D eigenvalue weighted by molar-refractivity contribution is -0.119. The summed E-state index contributed by atoms with van der Waals surface area (Å²) in [5, 5.41) is 3.85. The molecule has 0 saturated heterocycles. The number of carbonyl (C=O) groups excluding carboxylic acids is 2. The third kappa shape index (κ3) is 7.19. The second-order valence-electron chi connectivity index (χ2n) is 7.49. The monoisotopic (exact) mass is 513 g/mol. The van der Waals surface area contributed by atoms with Crippen molar-refractivity contribution in [3.8, 4) is 17.1 Å². The molecule has 0 fully saturated rings. The van der Waals surface area contributed by atoms with Crippen molar-refractivity contribution in [1.29, 1.82) is 0 Å². The molecule has 3 rings (SSSR count). The smallest absolute Gasteiger partial charge is 0.338 e. The predicted molar refractivity (Wildman–Crippen MR) is 136 cm³/mol. The highest BCUT2D eigenvalue weighted by atomic mass is 32.2. The van der Waals surface area contributed by atoms with Crippen LogP contribution in [0.5, 0.6) is 5.75 Å². The Morgan fingerprint density at radius 3 is 2.31 bits per heavy atom. The summed E-state index contributed by atoms with van der Waals surface area (Å²) in [6.45, 7) is 3.90. The molecule has 36 heavy (non-hydrogen) atoms. The minimum Gasteiger partial charge on any atom is -0.494 e. The number of hydrogen-bond acceptors (Lipinski definition) is 8. The fourth-order valence-corrected chi connectivity index (χ4v) is 4.03. The van der Waals surface area contributed by atoms with Gasteiger partial charge in [-0.05, 0) is 62.4 Å². The van der Waals surface area contributed by atoms with Crippen LogP contribution in [0.2, 0.25) is 0 Å². The summed E-state index contributed by atoms with van der Waals surface area (Å²) >= 11 is 0. The van der Waals surface area contributed by atoms with Gasteiger partial charge in [0.25, 0.3) is 5.91 Å². The number of sulfonamides is 1. The molecule has 1 heterocycles. The van der Waals surface area contributed by atoms with E-state index in [0.717, 1.165) is 16.1 Å². The van der Waals surface area contributed by atoms with Crippen LogP contribution in [0, 0.1) is 0 Å². The Morgan fingerprint density at radius 1 is 1.00 bits per heavy atom. The van der Waals surface area contributed by atoms with Gasteiger partial charge >= 0.3 is 5.97 Å². The zero-order valence-electron chi connectivity index (χ0n) is 20.1. The molecular weight excluding hydrogens is 486 g/mol. The molecular formula is C25H27N3O7S. The van der Waals surface area contributed by atoms with Gasteiger partial charge in [-0.25, -0.2) is 18.6 Å². The summed E-state index contributed by atoms with van der Waals surface area (Å²) in [4.78, 5) is 24.1. The van der Waals surface area contributed by atoms with Crippen molar-refractivity contribution in [3.63, 3.8) is 0 Å². The van der Waals surface area contributed by atoms with Crippen LogP contribution in [0.25, 0.3) is 11.3 Å². The van der Waals surface area contributed by atoms with Crippen LogP contribution in [0.3, 0.4) is 0 Å². The number of carbonyl (C=O) groups is 2. The zero-order chi connectivity index (χ0) is 26.1. The largest absolute Gasteiger partial charge is 0.494 e. The molecule has 0 atom stereocenters. The minimum absolute atomic E-state index is 0.297. The zero-order valence-corrected chi connectivity index (χ0v) is 20.9. The molecule has 1 amide bonds. The molecule has 11 heteroatoms. The third-order valence-electron chi connectivity index (χ3n) is 4.81. The second-order valence-corrected chi connectivity index (χ2v) is 9.40. The van der Waals surface area contributed by atoms with E-state index in [2.05, 4.69) is 10.5 Å². The van der Waals surface area contributed by atoms with E-state index in [1.165, 1.54) is 6.21 Å². The van der Waals surface area contributed by atoms with Crippen molar-refractivity contribution < 1.29 is 31.9 Å². The summed E-state index contributed by atoms with van der Waals surface area (Å²) in [5.41, 5.74) is 3.80. The van der Waals surface area contributed by atoms with Crippen molar-refractivity contribution in [2.75, 3.05) is 30.3 Å². The SMILES string of the molecule is CCOC(=O)c1ccc(-c2ccc(/C=N\NC(=O)CN(c3ccc(OCC)cc3)S(C)(=O)=O)o2)cc1. The molecule has 0 bridgehead atoms. The Hall–Kier alpha value is -4.12. The van der Waals surface area contributed by atoms with Gasteiger partial charge in [-0.15, -0.1) is 0 Å². The van der Waals surface area contributed by atoms with Crippen LogP contribution < -0.4 is 14.5 Å². The number of rotatable bonds is 11. The summed E-state index contributed by atoms with van der Waals surface area (Å²) in [7, 11) is -3.72. The fraction of sp³-hybridized carbons (Fsp3) is 0.240. The molecule has 3 aromatic rings. The molecule has 0 saturated carbocycles. The van der Waals surface area contributed by atoms with Crippen molar-refractivity contribution in [3.05, 3.63) is 72.0 Å². The lowest BCUT2D eigenvalue weighted by atomic mass is 10.1. The highest BCUT2D eigenvalue weighted by molar-refractivity contribution is 7.92. The van der Waals surface area contributed by atoms with Gasteiger partial charge in [0.15, 0.2) is 0 Å². The maximum atomic E-state index is 12.4.